The van der Waals surface area contributed by atoms with Crippen molar-refractivity contribution in [2.75, 3.05) is 11.4 Å². The third-order valence-corrected chi connectivity index (χ3v) is 3.47. The Morgan fingerprint density at radius 2 is 1.74 bits per heavy atom. The van der Waals surface area contributed by atoms with Crippen LogP contribution in [0.15, 0.2) is 42.5 Å². The highest BCUT2D eigenvalue weighted by Gasteiger charge is 2.12. The molecule has 0 unspecified atom stereocenters. The van der Waals surface area contributed by atoms with Crippen LogP contribution in [0.1, 0.15) is 23.6 Å². The highest BCUT2D eigenvalue weighted by atomic mass is 15.1. The van der Waals surface area contributed by atoms with Crippen LogP contribution in [0.2, 0.25) is 0 Å². The smallest absolute Gasteiger partial charge is 0.0458 e. The molecule has 0 saturated heterocycles. The van der Waals surface area contributed by atoms with Gasteiger partial charge in [-0.2, -0.15) is 0 Å². The Hall–Kier alpha value is -1.80. The molecule has 0 aromatic heterocycles. The zero-order chi connectivity index (χ0) is 13.8. The monoisotopic (exact) mass is 254 g/mol. The van der Waals surface area contributed by atoms with E-state index in [1.807, 2.05) is 0 Å². The van der Waals surface area contributed by atoms with Gasteiger partial charge in [-0.25, -0.2) is 0 Å². The summed E-state index contributed by atoms with van der Waals surface area (Å²) in [6.45, 7) is 7.94. The molecule has 0 aliphatic heterocycles. The molecule has 0 spiro atoms. The maximum Gasteiger partial charge on any atom is 0.0458 e. The van der Waals surface area contributed by atoms with Gasteiger partial charge in [-0.3, -0.25) is 0 Å². The van der Waals surface area contributed by atoms with E-state index in [2.05, 4.69) is 68.1 Å². The summed E-state index contributed by atoms with van der Waals surface area (Å²) in [4.78, 5) is 2.34. The Balaban J connectivity index is 2.54. The summed E-state index contributed by atoms with van der Waals surface area (Å²) in [6, 6.07) is 15.0. The summed E-state index contributed by atoms with van der Waals surface area (Å²) >= 11 is 0. The van der Waals surface area contributed by atoms with E-state index in [1.54, 1.807) is 0 Å². The molecule has 19 heavy (non-hydrogen) atoms. The molecular formula is C17H22N2. The van der Waals surface area contributed by atoms with Crippen molar-refractivity contribution in [3.8, 4) is 0 Å². The van der Waals surface area contributed by atoms with Crippen molar-refractivity contribution in [1.29, 1.82) is 0 Å². The first kappa shape index (κ1) is 13.6. The number of nitrogens with zero attached hydrogens (tertiary/aromatic N) is 1. The van der Waals surface area contributed by atoms with Crippen molar-refractivity contribution in [3.63, 3.8) is 0 Å². The lowest BCUT2D eigenvalue weighted by atomic mass is 10.1. The van der Waals surface area contributed by atoms with Crippen LogP contribution in [-0.4, -0.2) is 6.54 Å². The van der Waals surface area contributed by atoms with Crippen LogP contribution in [0.4, 0.5) is 11.4 Å². The molecule has 0 aliphatic rings. The number of aryl methyl sites for hydroxylation is 2. The number of hydrogen-bond acceptors (Lipinski definition) is 2. The van der Waals surface area contributed by atoms with E-state index in [4.69, 9.17) is 5.73 Å². The molecule has 2 aromatic carbocycles. The van der Waals surface area contributed by atoms with Gasteiger partial charge < -0.3 is 10.6 Å². The molecule has 0 heterocycles. The van der Waals surface area contributed by atoms with Gasteiger partial charge in [-0.1, -0.05) is 30.3 Å². The fourth-order valence-electron chi connectivity index (χ4n) is 2.43. The normalized spacial score (nSPS) is 10.5. The first-order valence-corrected chi connectivity index (χ1v) is 6.80. The molecule has 0 bridgehead atoms. The SMILES string of the molecule is CCN(c1ccccc1C)c1cc(C)ccc1CN. The minimum atomic E-state index is 0.567. The van der Waals surface area contributed by atoms with E-state index in [-0.39, 0.29) is 0 Å². The van der Waals surface area contributed by atoms with Crippen molar-refractivity contribution >= 4 is 11.4 Å². The molecule has 0 aliphatic carbocycles. The third-order valence-electron chi connectivity index (χ3n) is 3.47. The van der Waals surface area contributed by atoms with Crippen molar-refractivity contribution < 1.29 is 0 Å². The number of para-hydroxylation sites is 1. The Morgan fingerprint density at radius 1 is 1.00 bits per heavy atom. The molecular weight excluding hydrogens is 232 g/mol. The molecule has 0 radical (unpaired) electrons. The fourth-order valence-corrected chi connectivity index (χ4v) is 2.43. The van der Waals surface area contributed by atoms with Gasteiger partial charge in [0.15, 0.2) is 0 Å². The van der Waals surface area contributed by atoms with E-state index >= 15 is 0 Å². The zero-order valence-corrected chi connectivity index (χ0v) is 12.0. The van der Waals surface area contributed by atoms with Crippen molar-refractivity contribution in [3.05, 3.63) is 59.2 Å². The van der Waals surface area contributed by atoms with Gasteiger partial charge in [0.1, 0.15) is 0 Å². The van der Waals surface area contributed by atoms with Crippen LogP contribution in [-0.2, 0) is 6.54 Å². The minimum absolute atomic E-state index is 0.567. The largest absolute Gasteiger partial charge is 0.341 e. The second-order valence-corrected chi connectivity index (χ2v) is 4.87. The number of hydrogen-bond donors (Lipinski definition) is 1. The molecule has 2 heteroatoms. The van der Waals surface area contributed by atoms with Gasteiger partial charge in [-0.05, 0) is 49.6 Å². The summed E-state index contributed by atoms with van der Waals surface area (Å²) in [5.74, 6) is 0. The topological polar surface area (TPSA) is 29.3 Å². The Labute approximate surface area is 115 Å². The lowest BCUT2D eigenvalue weighted by Crippen LogP contribution is -2.19. The maximum atomic E-state index is 5.88. The van der Waals surface area contributed by atoms with E-state index in [1.165, 1.54) is 28.1 Å². The van der Waals surface area contributed by atoms with Crippen LogP contribution in [0, 0.1) is 13.8 Å². The second kappa shape index (κ2) is 5.89. The van der Waals surface area contributed by atoms with Crippen LogP contribution in [0.3, 0.4) is 0 Å². The van der Waals surface area contributed by atoms with Crippen molar-refractivity contribution in [1.82, 2.24) is 0 Å². The van der Waals surface area contributed by atoms with Gasteiger partial charge in [0, 0.05) is 24.5 Å². The summed E-state index contributed by atoms with van der Waals surface area (Å²) in [5.41, 5.74) is 12.1. The van der Waals surface area contributed by atoms with E-state index in [0.717, 1.165) is 6.54 Å². The summed E-state index contributed by atoms with van der Waals surface area (Å²) < 4.78 is 0. The molecule has 0 fully saturated rings. The second-order valence-electron chi connectivity index (χ2n) is 4.87. The van der Waals surface area contributed by atoms with Gasteiger partial charge in [0.2, 0.25) is 0 Å². The first-order chi connectivity index (χ1) is 9.17. The molecule has 0 saturated carbocycles. The average molecular weight is 254 g/mol. The average Bonchev–Trinajstić information content (AvgIpc) is 2.42. The zero-order valence-electron chi connectivity index (χ0n) is 12.0. The predicted molar refractivity (Wildman–Crippen MR) is 82.9 cm³/mol. The summed E-state index contributed by atoms with van der Waals surface area (Å²) in [7, 11) is 0. The standard InChI is InChI=1S/C17H22N2/c1-4-19(16-8-6-5-7-14(16)3)17-11-13(2)9-10-15(17)12-18/h5-11H,4,12,18H2,1-3H3. The Morgan fingerprint density at radius 3 is 2.37 bits per heavy atom. The van der Waals surface area contributed by atoms with Crippen LogP contribution < -0.4 is 10.6 Å². The first-order valence-electron chi connectivity index (χ1n) is 6.80. The fraction of sp³-hybridized carbons (Fsp3) is 0.294. The van der Waals surface area contributed by atoms with E-state index in [9.17, 15) is 0 Å². The molecule has 100 valence electrons. The Bertz CT molecular complexity index is 561. The van der Waals surface area contributed by atoms with Gasteiger partial charge in [0.25, 0.3) is 0 Å². The quantitative estimate of drug-likeness (QED) is 0.896. The predicted octanol–water partition coefficient (Wildman–Crippen LogP) is 3.92. The van der Waals surface area contributed by atoms with Gasteiger partial charge >= 0.3 is 0 Å². The Kier molecular flexibility index (Phi) is 4.23. The minimum Gasteiger partial charge on any atom is -0.341 e. The van der Waals surface area contributed by atoms with E-state index < -0.39 is 0 Å². The lowest BCUT2D eigenvalue weighted by molar-refractivity contribution is 0.976. The van der Waals surface area contributed by atoms with Crippen LogP contribution in [0.5, 0.6) is 0 Å². The molecule has 2 N–H and O–H groups in total. The van der Waals surface area contributed by atoms with E-state index in [0.29, 0.717) is 6.54 Å². The van der Waals surface area contributed by atoms with Crippen LogP contribution in [0.25, 0.3) is 0 Å². The van der Waals surface area contributed by atoms with Gasteiger partial charge in [0.05, 0.1) is 0 Å². The lowest BCUT2D eigenvalue weighted by Gasteiger charge is -2.27. The highest BCUT2D eigenvalue weighted by Crippen LogP contribution is 2.31. The molecule has 2 rings (SSSR count). The van der Waals surface area contributed by atoms with Gasteiger partial charge in [-0.15, -0.1) is 0 Å². The molecule has 0 amide bonds. The van der Waals surface area contributed by atoms with Crippen molar-refractivity contribution in [2.45, 2.75) is 27.3 Å². The number of benzene rings is 2. The number of anilines is 2. The molecule has 2 aromatic rings. The third kappa shape index (κ3) is 2.79. The maximum absolute atomic E-state index is 5.88. The number of rotatable bonds is 4. The summed E-state index contributed by atoms with van der Waals surface area (Å²) in [5, 5.41) is 0. The molecule has 0 atom stereocenters. The van der Waals surface area contributed by atoms with Crippen molar-refractivity contribution in [2.24, 2.45) is 5.73 Å². The van der Waals surface area contributed by atoms with Crippen LogP contribution >= 0.6 is 0 Å². The summed E-state index contributed by atoms with van der Waals surface area (Å²) in [6.07, 6.45) is 0. The molecule has 2 nitrogen and oxygen atoms in total. The number of nitrogens with two attached hydrogens (primary N) is 1. The highest BCUT2D eigenvalue weighted by molar-refractivity contribution is 5.69.